The van der Waals surface area contributed by atoms with Gasteiger partial charge in [0.05, 0.1) is 13.2 Å². The molecule has 0 bridgehead atoms. The van der Waals surface area contributed by atoms with E-state index in [2.05, 4.69) is 0 Å². The lowest BCUT2D eigenvalue weighted by molar-refractivity contribution is -0.136. The van der Waals surface area contributed by atoms with Crippen LogP contribution < -0.4 is 4.74 Å². The minimum absolute atomic E-state index is 0.00266. The van der Waals surface area contributed by atoms with Gasteiger partial charge in [-0.1, -0.05) is 35.9 Å². The van der Waals surface area contributed by atoms with Gasteiger partial charge in [-0.3, -0.25) is 0 Å². The van der Waals surface area contributed by atoms with Crippen molar-refractivity contribution in [1.82, 2.24) is 0 Å². The number of rotatable bonds is 10. The Morgan fingerprint density at radius 1 is 1.12 bits per heavy atom. The molecule has 0 heterocycles. The molecule has 0 aliphatic heterocycles. The molecule has 0 unspecified atom stereocenters. The monoisotopic (exact) mass is 374 g/mol. The maximum atomic E-state index is 11.0. The lowest BCUT2D eigenvalue weighted by Gasteiger charge is -2.08. The van der Waals surface area contributed by atoms with Gasteiger partial charge in [0.15, 0.2) is 5.76 Å². The number of hydrogen-bond acceptors (Lipinski definition) is 3. The third kappa shape index (κ3) is 6.81. The average Bonchev–Trinajstić information content (AvgIpc) is 2.63. The highest BCUT2D eigenvalue weighted by atomic mass is 35.5. The molecule has 2 rings (SSSR count). The fraction of sp³-hybridized carbons (Fsp3) is 0.286. The van der Waals surface area contributed by atoms with Crippen LogP contribution in [0.15, 0.2) is 60.4 Å². The van der Waals surface area contributed by atoms with E-state index < -0.39 is 5.97 Å². The predicted molar refractivity (Wildman–Crippen MR) is 103 cm³/mol. The molecule has 0 spiro atoms. The summed E-state index contributed by atoms with van der Waals surface area (Å²) in [5.41, 5.74) is 2.26. The quantitative estimate of drug-likeness (QED) is 0.474. The van der Waals surface area contributed by atoms with Crippen molar-refractivity contribution in [2.24, 2.45) is 0 Å². The van der Waals surface area contributed by atoms with Crippen molar-refractivity contribution in [2.45, 2.75) is 26.2 Å². The summed E-state index contributed by atoms with van der Waals surface area (Å²) in [5, 5.41) is 9.76. The normalized spacial score (nSPS) is 11.2. The molecule has 0 aliphatic carbocycles. The predicted octanol–water partition coefficient (Wildman–Crippen LogP) is 4.90. The first kappa shape index (κ1) is 19.9. The highest BCUT2D eigenvalue weighted by Crippen LogP contribution is 2.16. The zero-order valence-corrected chi connectivity index (χ0v) is 15.5. The molecule has 26 heavy (non-hydrogen) atoms. The third-order valence-electron chi connectivity index (χ3n) is 3.74. The van der Waals surface area contributed by atoms with Crippen molar-refractivity contribution in [2.75, 3.05) is 13.2 Å². The standard InChI is InChI=1S/C21H23ClO4/c1-2-25-20(21(23)24)8-4-6-17-5-3-7-19(15-17)26-14-13-16-9-11-18(22)12-10-16/h3,5,7-12,15H,2,4,6,13-14H2,1H3,(H,23,24). The van der Waals surface area contributed by atoms with Crippen LogP contribution in [0.1, 0.15) is 24.5 Å². The van der Waals surface area contributed by atoms with Crippen molar-refractivity contribution in [3.05, 3.63) is 76.5 Å². The topological polar surface area (TPSA) is 55.8 Å². The van der Waals surface area contributed by atoms with Crippen LogP contribution in [-0.2, 0) is 22.4 Å². The van der Waals surface area contributed by atoms with E-state index in [1.54, 1.807) is 13.0 Å². The van der Waals surface area contributed by atoms with E-state index in [0.717, 1.165) is 29.2 Å². The fourth-order valence-corrected chi connectivity index (χ4v) is 2.59. The lowest BCUT2D eigenvalue weighted by Crippen LogP contribution is -2.05. The summed E-state index contributed by atoms with van der Waals surface area (Å²) in [6.07, 6.45) is 3.73. The number of aliphatic carboxylic acids is 1. The van der Waals surface area contributed by atoms with Crippen molar-refractivity contribution in [3.8, 4) is 5.75 Å². The molecule has 0 saturated carbocycles. The van der Waals surface area contributed by atoms with Gasteiger partial charge in [0.25, 0.3) is 0 Å². The van der Waals surface area contributed by atoms with E-state index >= 15 is 0 Å². The lowest BCUT2D eigenvalue weighted by atomic mass is 10.1. The van der Waals surface area contributed by atoms with E-state index in [-0.39, 0.29) is 5.76 Å². The van der Waals surface area contributed by atoms with Crippen molar-refractivity contribution in [1.29, 1.82) is 0 Å². The Morgan fingerprint density at radius 3 is 2.58 bits per heavy atom. The van der Waals surface area contributed by atoms with Crippen molar-refractivity contribution in [3.63, 3.8) is 0 Å². The first-order valence-corrected chi connectivity index (χ1v) is 8.98. The first-order valence-electron chi connectivity index (χ1n) is 8.61. The van der Waals surface area contributed by atoms with E-state index in [0.29, 0.717) is 19.6 Å². The second-order valence-corrected chi connectivity index (χ2v) is 6.15. The van der Waals surface area contributed by atoms with E-state index in [4.69, 9.17) is 26.2 Å². The van der Waals surface area contributed by atoms with E-state index in [9.17, 15) is 4.79 Å². The maximum absolute atomic E-state index is 11.0. The molecule has 0 fully saturated rings. The fourth-order valence-electron chi connectivity index (χ4n) is 2.46. The summed E-state index contributed by atoms with van der Waals surface area (Å²) in [5.74, 6) is -0.224. The number of carbonyl (C=O) groups is 1. The Hall–Kier alpha value is -2.46. The number of halogens is 1. The Kier molecular flexibility index (Phi) is 8.03. The number of allylic oxidation sites excluding steroid dienone is 1. The maximum Gasteiger partial charge on any atom is 0.370 e. The second-order valence-electron chi connectivity index (χ2n) is 5.72. The van der Waals surface area contributed by atoms with Gasteiger partial charge in [-0.2, -0.15) is 0 Å². The molecule has 2 aromatic carbocycles. The minimum atomic E-state index is -1.04. The molecule has 0 amide bonds. The van der Waals surface area contributed by atoms with Gasteiger partial charge in [0, 0.05) is 11.4 Å². The molecule has 0 atom stereocenters. The molecule has 0 aromatic heterocycles. The van der Waals surface area contributed by atoms with Crippen LogP contribution in [-0.4, -0.2) is 24.3 Å². The van der Waals surface area contributed by atoms with Gasteiger partial charge in [0.2, 0.25) is 0 Å². The number of carboxylic acids is 1. The molecule has 138 valence electrons. The molecule has 1 N–H and O–H groups in total. The average molecular weight is 375 g/mol. The van der Waals surface area contributed by atoms with E-state index in [1.807, 2.05) is 48.5 Å². The highest BCUT2D eigenvalue weighted by Gasteiger charge is 2.07. The number of benzene rings is 2. The Labute approximate surface area is 159 Å². The molecule has 4 nitrogen and oxygen atoms in total. The summed E-state index contributed by atoms with van der Waals surface area (Å²) in [6, 6.07) is 15.6. The molecule has 0 aliphatic rings. The summed E-state index contributed by atoms with van der Waals surface area (Å²) < 4.78 is 10.9. The van der Waals surface area contributed by atoms with Crippen LogP contribution in [0.25, 0.3) is 0 Å². The van der Waals surface area contributed by atoms with Crippen LogP contribution in [0.2, 0.25) is 5.02 Å². The van der Waals surface area contributed by atoms with Gasteiger partial charge in [0.1, 0.15) is 5.75 Å². The largest absolute Gasteiger partial charge is 0.493 e. The van der Waals surface area contributed by atoms with Crippen molar-refractivity contribution >= 4 is 17.6 Å². The van der Waals surface area contributed by atoms with Crippen LogP contribution in [0.4, 0.5) is 0 Å². The Morgan fingerprint density at radius 2 is 1.88 bits per heavy atom. The zero-order chi connectivity index (χ0) is 18.8. The second kappa shape index (κ2) is 10.5. The van der Waals surface area contributed by atoms with Gasteiger partial charge >= 0.3 is 5.97 Å². The molecular formula is C21H23ClO4. The molecule has 5 heteroatoms. The SMILES string of the molecule is CCOC(=CCCc1cccc(OCCc2ccc(Cl)cc2)c1)C(=O)O. The summed E-state index contributed by atoms with van der Waals surface area (Å²) >= 11 is 5.88. The smallest absolute Gasteiger partial charge is 0.370 e. The summed E-state index contributed by atoms with van der Waals surface area (Å²) in [6.45, 7) is 2.69. The van der Waals surface area contributed by atoms with Gasteiger partial charge in [-0.15, -0.1) is 0 Å². The molecule has 0 radical (unpaired) electrons. The first-order chi connectivity index (χ1) is 12.6. The number of carboxylic acid groups (broad SMARTS) is 1. The van der Waals surface area contributed by atoms with Crippen LogP contribution in [0, 0.1) is 0 Å². The number of ether oxygens (including phenoxy) is 2. The Balaban J connectivity index is 1.84. The zero-order valence-electron chi connectivity index (χ0n) is 14.8. The minimum Gasteiger partial charge on any atom is -0.493 e. The van der Waals surface area contributed by atoms with Crippen molar-refractivity contribution < 1.29 is 19.4 Å². The molecular weight excluding hydrogens is 352 g/mol. The van der Waals surface area contributed by atoms with Crippen LogP contribution >= 0.6 is 11.6 Å². The van der Waals surface area contributed by atoms with Gasteiger partial charge < -0.3 is 14.6 Å². The van der Waals surface area contributed by atoms with Gasteiger partial charge in [-0.25, -0.2) is 4.79 Å². The van der Waals surface area contributed by atoms with Gasteiger partial charge in [-0.05, 0) is 61.2 Å². The number of aryl methyl sites for hydroxylation is 1. The molecule has 0 saturated heterocycles. The number of hydrogen-bond donors (Lipinski definition) is 1. The summed E-state index contributed by atoms with van der Waals surface area (Å²) in [7, 11) is 0. The highest BCUT2D eigenvalue weighted by molar-refractivity contribution is 6.30. The summed E-state index contributed by atoms with van der Waals surface area (Å²) in [4.78, 5) is 11.0. The van der Waals surface area contributed by atoms with E-state index in [1.165, 1.54) is 5.56 Å². The van der Waals surface area contributed by atoms with Crippen LogP contribution in [0.3, 0.4) is 0 Å². The molecule has 2 aromatic rings. The third-order valence-corrected chi connectivity index (χ3v) is 4.00. The van der Waals surface area contributed by atoms with Crippen LogP contribution in [0.5, 0.6) is 5.75 Å². The Bertz CT molecular complexity index is 738.